The third-order valence-corrected chi connectivity index (χ3v) is 2.96. The summed E-state index contributed by atoms with van der Waals surface area (Å²) >= 11 is 1.43. The molecule has 0 spiro atoms. The lowest BCUT2D eigenvalue weighted by molar-refractivity contribution is -0.306. The van der Waals surface area contributed by atoms with E-state index in [0.29, 0.717) is 5.13 Å². The van der Waals surface area contributed by atoms with Gasteiger partial charge < -0.3 is 15.2 Å². The number of aliphatic carboxylic acids is 1. The van der Waals surface area contributed by atoms with Gasteiger partial charge in [0.25, 0.3) is 0 Å². The minimum atomic E-state index is -1.13. The number of benzene rings is 1. The Kier molecular flexibility index (Phi) is 2.55. The summed E-state index contributed by atoms with van der Waals surface area (Å²) in [6.45, 7) is 1.53. The van der Waals surface area contributed by atoms with Crippen molar-refractivity contribution < 1.29 is 9.90 Å². The Labute approximate surface area is 90.6 Å². The van der Waals surface area contributed by atoms with Gasteiger partial charge in [-0.3, -0.25) is 0 Å². The molecule has 1 aromatic heterocycles. The van der Waals surface area contributed by atoms with Crippen molar-refractivity contribution >= 4 is 32.7 Å². The first-order valence-electron chi connectivity index (χ1n) is 4.50. The number of carbonyl (C=O) groups excluding carboxylic acids is 1. The van der Waals surface area contributed by atoms with E-state index in [-0.39, 0.29) is 0 Å². The second-order valence-electron chi connectivity index (χ2n) is 3.17. The molecule has 0 saturated carbocycles. The molecular formula is C10H9N2O2S-. The van der Waals surface area contributed by atoms with Crippen LogP contribution in [0.3, 0.4) is 0 Å². The van der Waals surface area contributed by atoms with E-state index < -0.39 is 12.0 Å². The van der Waals surface area contributed by atoms with Gasteiger partial charge in [-0.1, -0.05) is 23.5 Å². The van der Waals surface area contributed by atoms with Crippen molar-refractivity contribution in [3.05, 3.63) is 24.3 Å². The molecule has 15 heavy (non-hydrogen) atoms. The van der Waals surface area contributed by atoms with Crippen LogP contribution in [0.2, 0.25) is 0 Å². The Bertz CT molecular complexity index is 462. The van der Waals surface area contributed by atoms with Crippen LogP contribution in [0.1, 0.15) is 6.92 Å². The summed E-state index contributed by atoms with van der Waals surface area (Å²) in [7, 11) is 0. The number of anilines is 1. The number of hydrogen-bond acceptors (Lipinski definition) is 5. The molecule has 0 saturated heterocycles. The zero-order valence-electron chi connectivity index (χ0n) is 8.06. The predicted octanol–water partition coefficient (Wildman–Crippen LogP) is 0.847. The highest BCUT2D eigenvalue weighted by Crippen LogP contribution is 2.25. The maximum atomic E-state index is 10.5. The number of aromatic nitrogens is 1. The lowest BCUT2D eigenvalue weighted by atomic mass is 10.3. The standard InChI is InChI=1S/C10H10N2O2S/c1-6(9(13)14)11-10-12-7-4-2-3-5-8(7)15-10/h2-6H,1H3,(H,11,12)(H,13,14)/p-1/t6-/m0/s1. The number of fused-ring (bicyclic) bond motifs is 1. The van der Waals surface area contributed by atoms with Crippen molar-refractivity contribution in [1.82, 2.24) is 4.98 Å². The smallest absolute Gasteiger partial charge is 0.184 e. The van der Waals surface area contributed by atoms with Gasteiger partial charge in [0.15, 0.2) is 5.13 Å². The Hall–Kier alpha value is -1.62. The molecule has 5 heteroatoms. The van der Waals surface area contributed by atoms with Crippen LogP contribution in [0.4, 0.5) is 5.13 Å². The highest BCUT2D eigenvalue weighted by Gasteiger charge is 2.06. The van der Waals surface area contributed by atoms with Gasteiger partial charge in [-0.05, 0) is 19.1 Å². The maximum absolute atomic E-state index is 10.5. The molecule has 2 aromatic rings. The number of nitrogens with zero attached hydrogens (tertiary/aromatic N) is 1. The second kappa shape index (κ2) is 3.86. The van der Waals surface area contributed by atoms with Gasteiger partial charge in [0, 0.05) is 0 Å². The van der Waals surface area contributed by atoms with Gasteiger partial charge in [-0.15, -0.1) is 0 Å². The molecular weight excluding hydrogens is 212 g/mol. The van der Waals surface area contributed by atoms with Gasteiger partial charge in [-0.25, -0.2) is 4.98 Å². The molecule has 0 unspecified atom stereocenters. The molecule has 0 fully saturated rings. The number of thiazole rings is 1. The zero-order valence-corrected chi connectivity index (χ0v) is 8.88. The molecule has 1 N–H and O–H groups in total. The summed E-state index contributed by atoms with van der Waals surface area (Å²) in [6.07, 6.45) is 0. The fourth-order valence-electron chi connectivity index (χ4n) is 1.18. The van der Waals surface area contributed by atoms with Gasteiger partial charge in [0.1, 0.15) is 0 Å². The average molecular weight is 221 g/mol. The molecule has 0 aliphatic rings. The van der Waals surface area contributed by atoms with Crippen LogP contribution in [-0.2, 0) is 4.79 Å². The fourth-order valence-corrected chi connectivity index (χ4v) is 2.13. The molecule has 1 atom stereocenters. The third-order valence-electron chi connectivity index (χ3n) is 1.99. The number of carboxylic acids is 1. The Morgan fingerprint density at radius 3 is 2.93 bits per heavy atom. The van der Waals surface area contributed by atoms with E-state index in [1.165, 1.54) is 18.3 Å². The highest BCUT2D eigenvalue weighted by atomic mass is 32.1. The predicted molar refractivity (Wildman–Crippen MR) is 57.7 cm³/mol. The second-order valence-corrected chi connectivity index (χ2v) is 4.20. The largest absolute Gasteiger partial charge is 0.548 e. The minimum Gasteiger partial charge on any atom is -0.548 e. The molecule has 2 rings (SSSR count). The van der Waals surface area contributed by atoms with Crippen LogP contribution >= 0.6 is 11.3 Å². The van der Waals surface area contributed by atoms with Crippen LogP contribution in [0, 0.1) is 0 Å². The third kappa shape index (κ3) is 2.07. The van der Waals surface area contributed by atoms with E-state index in [1.54, 1.807) is 0 Å². The zero-order chi connectivity index (χ0) is 10.8. The molecule has 4 nitrogen and oxygen atoms in total. The Balaban J connectivity index is 2.26. The SMILES string of the molecule is C[C@H](Nc1nc2ccccc2s1)C(=O)[O-]. The Morgan fingerprint density at radius 1 is 1.53 bits per heavy atom. The van der Waals surface area contributed by atoms with Gasteiger partial charge >= 0.3 is 0 Å². The van der Waals surface area contributed by atoms with Gasteiger partial charge in [0.05, 0.1) is 22.2 Å². The van der Waals surface area contributed by atoms with E-state index in [4.69, 9.17) is 0 Å². The molecule has 0 aliphatic carbocycles. The summed E-state index contributed by atoms with van der Waals surface area (Å²) in [5.74, 6) is -1.13. The first kappa shape index (κ1) is 9.92. The molecule has 1 aromatic carbocycles. The number of hydrogen-bond donors (Lipinski definition) is 1. The molecule has 78 valence electrons. The highest BCUT2D eigenvalue weighted by molar-refractivity contribution is 7.22. The number of nitrogens with one attached hydrogen (secondary N) is 1. The topological polar surface area (TPSA) is 65.0 Å². The van der Waals surface area contributed by atoms with Crippen LogP contribution in [0.5, 0.6) is 0 Å². The van der Waals surface area contributed by atoms with Crippen molar-refractivity contribution in [3.8, 4) is 0 Å². The van der Waals surface area contributed by atoms with Crippen molar-refractivity contribution in [1.29, 1.82) is 0 Å². The minimum absolute atomic E-state index is 0.605. The summed E-state index contributed by atoms with van der Waals surface area (Å²) in [6, 6.07) is 6.92. The van der Waals surface area contributed by atoms with Crippen molar-refractivity contribution in [2.75, 3.05) is 5.32 Å². The maximum Gasteiger partial charge on any atom is 0.184 e. The van der Waals surface area contributed by atoms with Crippen LogP contribution in [0.25, 0.3) is 10.2 Å². The molecule has 1 heterocycles. The van der Waals surface area contributed by atoms with E-state index in [1.807, 2.05) is 24.3 Å². The lowest BCUT2D eigenvalue weighted by Gasteiger charge is -2.12. The number of para-hydroxylation sites is 1. The lowest BCUT2D eigenvalue weighted by Crippen LogP contribution is -2.38. The van der Waals surface area contributed by atoms with Crippen LogP contribution < -0.4 is 10.4 Å². The van der Waals surface area contributed by atoms with E-state index in [0.717, 1.165) is 10.2 Å². The van der Waals surface area contributed by atoms with E-state index >= 15 is 0 Å². The first-order valence-corrected chi connectivity index (χ1v) is 5.31. The molecule has 0 aliphatic heterocycles. The molecule has 0 bridgehead atoms. The molecule has 0 radical (unpaired) electrons. The van der Waals surface area contributed by atoms with Crippen molar-refractivity contribution in [3.63, 3.8) is 0 Å². The Morgan fingerprint density at radius 2 is 2.27 bits per heavy atom. The van der Waals surface area contributed by atoms with Gasteiger partial charge in [0.2, 0.25) is 0 Å². The summed E-state index contributed by atoms with van der Waals surface area (Å²) < 4.78 is 1.03. The fraction of sp³-hybridized carbons (Fsp3) is 0.200. The van der Waals surface area contributed by atoms with Crippen molar-refractivity contribution in [2.45, 2.75) is 13.0 Å². The van der Waals surface area contributed by atoms with E-state index in [2.05, 4.69) is 10.3 Å². The number of carboxylic acid groups (broad SMARTS) is 1. The average Bonchev–Trinajstić information content (AvgIpc) is 2.59. The summed E-state index contributed by atoms with van der Waals surface area (Å²) in [5.41, 5.74) is 0.871. The normalized spacial score (nSPS) is 12.6. The van der Waals surface area contributed by atoms with E-state index in [9.17, 15) is 9.90 Å². The summed E-state index contributed by atoms with van der Waals surface area (Å²) in [5, 5.41) is 13.9. The monoisotopic (exact) mass is 221 g/mol. The van der Waals surface area contributed by atoms with Crippen molar-refractivity contribution in [2.24, 2.45) is 0 Å². The first-order chi connectivity index (χ1) is 7.16. The van der Waals surface area contributed by atoms with Crippen LogP contribution in [-0.4, -0.2) is 17.0 Å². The quantitative estimate of drug-likeness (QED) is 0.834. The number of carbonyl (C=O) groups is 1. The number of rotatable bonds is 3. The van der Waals surface area contributed by atoms with Gasteiger partial charge in [-0.2, -0.15) is 0 Å². The van der Waals surface area contributed by atoms with Crippen LogP contribution in [0.15, 0.2) is 24.3 Å². The molecule has 0 amide bonds. The summed E-state index contributed by atoms with van der Waals surface area (Å²) in [4.78, 5) is 14.8.